The molecule has 108 valence electrons. The molecular weight excluding hydrogens is 286 g/mol. The molecule has 4 nitrogen and oxygen atoms in total. The molecule has 1 rings (SSSR count). The minimum absolute atomic E-state index is 0.0820. The molecule has 0 saturated heterocycles. The summed E-state index contributed by atoms with van der Waals surface area (Å²) in [7, 11) is -2.99. The number of benzene rings is 1. The maximum absolute atomic E-state index is 11.2. The van der Waals surface area contributed by atoms with E-state index < -0.39 is 9.84 Å². The molecule has 6 heteroatoms. The maximum Gasteiger partial charge on any atom is 0.149 e. The van der Waals surface area contributed by atoms with Crippen molar-refractivity contribution in [2.24, 2.45) is 0 Å². The van der Waals surface area contributed by atoms with Gasteiger partial charge in [0.25, 0.3) is 0 Å². The van der Waals surface area contributed by atoms with Crippen molar-refractivity contribution in [2.45, 2.75) is 26.3 Å². The Kier molecular flexibility index (Phi) is 5.94. The first-order chi connectivity index (χ1) is 8.81. The van der Waals surface area contributed by atoms with Crippen LogP contribution in [0.15, 0.2) is 18.2 Å². The van der Waals surface area contributed by atoms with E-state index in [1.54, 1.807) is 12.1 Å². The van der Waals surface area contributed by atoms with Crippen molar-refractivity contribution >= 4 is 27.1 Å². The Morgan fingerprint density at radius 2 is 2.11 bits per heavy atom. The second-order valence-corrected chi connectivity index (χ2v) is 7.22. The number of hydrogen-bond acceptors (Lipinski definition) is 4. The predicted octanol–water partition coefficient (Wildman–Crippen LogP) is 2.97. The smallest absolute Gasteiger partial charge is 0.149 e. The molecule has 0 fully saturated rings. The molecule has 0 amide bonds. The third-order valence-electron chi connectivity index (χ3n) is 2.36. The van der Waals surface area contributed by atoms with Crippen LogP contribution in [0.5, 0.6) is 5.75 Å². The van der Waals surface area contributed by atoms with Gasteiger partial charge in [0.2, 0.25) is 0 Å². The molecule has 1 aromatic carbocycles. The van der Waals surface area contributed by atoms with Gasteiger partial charge in [-0.15, -0.1) is 0 Å². The predicted molar refractivity (Wildman–Crippen MR) is 80.0 cm³/mol. The van der Waals surface area contributed by atoms with E-state index in [9.17, 15) is 8.42 Å². The fraction of sp³-hybridized carbons (Fsp3) is 0.538. The lowest BCUT2D eigenvalue weighted by Crippen LogP contribution is -2.24. The largest absolute Gasteiger partial charge is 0.492 e. The average Bonchev–Trinajstić information content (AvgIpc) is 2.25. The van der Waals surface area contributed by atoms with Crippen molar-refractivity contribution < 1.29 is 13.2 Å². The van der Waals surface area contributed by atoms with Gasteiger partial charge in [-0.1, -0.05) is 18.5 Å². The minimum Gasteiger partial charge on any atom is -0.492 e. The Hall–Kier alpha value is -0.940. The van der Waals surface area contributed by atoms with E-state index in [0.717, 1.165) is 12.1 Å². The van der Waals surface area contributed by atoms with Crippen LogP contribution in [0.25, 0.3) is 0 Å². The third-order valence-corrected chi connectivity index (χ3v) is 3.76. The summed E-state index contributed by atoms with van der Waals surface area (Å²) in [5.74, 6) is 0.725. The van der Waals surface area contributed by atoms with Crippen molar-refractivity contribution in [2.75, 3.05) is 23.9 Å². The fourth-order valence-electron chi connectivity index (χ4n) is 1.70. The topological polar surface area (TPSA) is 55.4 Å². The average molecular weight is 306 g/mol. The number of sulfone groups is 1. The van der Waals surface area contributed by atoms with Crippen molar-refractivity contribution in [3.05, 3.63) is 23.2 Å². The van der Waals surface area contributed by atoms with Crippen LogP contribution in [0.3, 0.4) is 0 Å². The lowest BCUT2D eigenvalue weighted by molar-refractivity contribution is 0.317. The number of anilines is 1. The van der Waals surface area contributed by atoms with E-state index in [0.29, 0.717) is 17.4 Å². The van der Waals surface area contributed by atoms with Crippen molar-refractivity contribution in [1.82, 2.24) is 0 Å². The highest BCUT2D eigenvalue weighted by molar-refractivity contribution is 7.90. The highest BCUT2D eigenvalue weighted by Crippen LogP contribution is 2.28. The summed E-state index contributed by atoms with van der Waals surface area (Å²) in [4.78, 5) is 0. The van der Waals surface area contributed by atoms with Gasteiger partial charge in [-0.25, -0.2) is 8.42 Å². The summed E-state index contributed by atoms with van der Waals surface area (Å²) < 4.78 is 27.8. The van der Waals surface area contributed by atoms with Crippen LogP contribution in [0.2, 0.25) is 5.02 Å². The zero-order chi connectivity index (χ0) is 14.5. The molecule has 0 aliphatic rings. The SMILES string of the molecule is CCCOc1ccc(NC(C)CS(C)(=O)=O)cc1Cl. The molecule has 0 heterocycles. The third kappa shape index (κ3) is 6.16. The highest BCUT2D eigenvalue weighted by Gasteiger charge is 2.11. The monoisotopic (exact) mass is 305 g/mol. The number of ether oxygens (including phenoxy) is 1. The molecule has 0 saturated carbocycles. The second kappa shape index (κ2) is 7.01. The summed E-state index contributed by atoms with van der Waals surface area (Å²) >= 11 is 6.10. The lowest BCUT2D eigenvalue weighted by Gasteiger charge is -2.15. The first-order valence-electron chi connectivity index (χ1n) is 6.18. The zero-order valence-electron chi connectivity index (χ0n) is 11.4. The summed E-state index contributed by atoms with van der Waals surface area (Å²) in [6.07, 6.45) is 2.14. The number of halogens is 1. The Balaban J connectivity index is 2.68. The van der Waals surface area contributed by atoms with E-state index in [1.165, 1.54) is 6.26 Å². The van der Waals surface area contributed by atoms with Gasteiger partial charge >= 0.3 is 0 Å². The molecule has 1 unspecified atom stereocenters. The molecule has 0 aliphatic heterocycles. The first-order valence-corrected chi connectivity index (χ1v) is 8.62. The summed E-state index contributed by atoms with van der Waals surface area (Å²) in [6, 6.07) is 5.18. The van der Waals surface area contributed by atoms with Crippen LogP contribution in [-0.2, 0) is 9.84 Å². The fourth-order valence-corrected chi connectivity index (χ4v) is 2.93. The molecule has 1 aromatic rings. The summed E-state index contributed by atoms with van der Waals surface area (Å²) in [5.41, 5.74) is 0.782. The molecule has 0 aliphatic carbocycles. The van der Waals surface area contributed by atoms with E-state index >= 15 is 0 Å². The molecule has 1 N–H and O–H groups in total. The van der Waals surface area contributed by atoms with Gasteiger partial charge in [0.15, 0.2) is 0 Å². The number of nitrogens with one attached hydrogen (secondary N) is 1. The number of rotatable bonds is 7. The van der Waals surface area contributed by atoms with Crippen LogP contribution < -0.4 is 10.1 Å². The van der Waals surface area contributed by atoms with Gasteiger partial charge in [-0.3, -0.25) is 0 Å². The van der Waals surface area contributed by atoms with Gasteiger partial charge in [0.05, 0.1) is 17.4 Å². The van der Waals surface area contributed by atoms with Gasteiger partial charge in [-0.2, -0.15) is 0 Å². The minimum atomic E-state index is -2.99. The van der Waals surface area contributed by atoms with E-state index in [-0.39, 0.29) is 11.8 Å². The van der Waals surface area contributed by atoms with Gasteiger partial charge in [0.1, 0.15) is 15.6 Å². The quantitative estimate of drug-likeness (QED) is 0.841. The Morgan fingerprint density at radius 1 is 1.42 bits per heavy atom. The summed E-state index contributed by atoms with van der Waals surface area (Å²) in [6.45, 7) is 4.46. The molecule has 0 radical (unpaired) electrons. The standard InChI is InChI=1S/C13H20ClNO3S/c1-4-7-18-13-6-5-11(8-12(13)14)15-10(2)9-19(3,16)17/h5-6,8,10,15H,4,7,9H2,1-3H3. The van der Waals surface area contributed by atoms with Crippen LogP contribution in [0.4, 0.5) is 5.69 Å². The lowest BCUT2D eigenvalue weighted by atomic mass is 10.2. The first kappa shape index (κ1) is 16.1. The van der Waals surface area contributed by atoms with Crippen LogP contribution in [-0.4, -0.2) is 33.1 Å². The highest BCUT2D eigenvalue weighted by atomic mass is 35.5. The Labute approximate surface area is 120 Å². The molecule has 0 aromatic heterocycles. The van der Waals surface area contributed by atoms with Crippen LogP contribution in [0, 0.1) is 0 Å². The molecule has 0 bridgehead atoms. The second-order valence-electron chi connectivity index (χ2n) is 4.63. The Bertz CT molecular complexity index is 517. The van der Waals surface area contributed by atoms with Crippen molar-refractivity contribution in [3.63, 3.8) is 0 Å². The van der Waals surface area contributed by atoms with Crippen molar-refractivity contribution in [3.8, 4) is 5.75 Å². The maximum atomic E-state index is 11.2. The molecular formula is C13H20ClNO3S. The Morgan fingerprint density at radius 3 is 2.63 bits per heavy atom. The molecule has 1 atom stereocenters. The van der Waals surface area contributed by atoms with Crippen molar-refractivity contribution in [1.29, 1.82) is 0 Å². The van der Waals surface area contributed by atoms with Gasteiger partial charge in [0, 0.05) is 18.0 Å². The zero-order valence-corrected chi connectivity index (χ0v) is 13.0. The number of hydrogen-bond donors (Lipinski definition) is 1. The van der Waals surface area contributed by atoms with Gasteiger partial charge in [-0.05, 0) is 31.5 Å². The normalized spacial score (nSPS) is 13.1. The van der Waals surface area contributed by atoms with Gasteiger partial charge < -0.3 is 10.1 Å². The van der Waals surface area contributed by atoms with E-state index in [4.69, 9.17) is 16.3 Å². The van der Waals surface area contributed by atoms with Crippen LogP contribution in [0.1, 0.15) is 20.3 Å². The van der Waals surface area contributed by atoms with Crippen LogP contribution >= 0.6 is 11.6 Å². The van der Waals surface area contributed by atoms with E-state index in [1.807, 2.05) is 19.9 Å². The van der Waals surface area contributed by atoms with E-state index in [2.05, 4.69) is 5.32 Å². The molecule has 0 spiro atoms. The molecule has 19 heavy (non-hydrogen) atoms. The summed E-state index contributed by atoms with van der Waals surface area (Å²) in [5, 5.41) is 3.62.